The maximum Gasteiger partial charge on any atom is 0.311 e. The second-order valence-electron chi connectivity index (χ2n) is 9.51. The summed E-state index contributed by atoms with van der Waals surface area (Å²) in [5, 5.41) is 4.29. The van der Waals surface area contributed by atoms with E-state index in [2.05, 4.69) is 15.1 Å². The van der Waals surface area contributed by atoms with Crippen LogP contribution in [0.15, 0.2) is 42.9 Å². The molecule has 0 unspecified atom stereocenters. The van der Waals surface area contributed by atoms with Crippen LogP contribution in [0.25, 0.3) is 28.3 Å². The number of esters is 1. The number of fused-ring (bicyclic) bond motifs is 4. The number of pyridine rings is 2. The Balaban J connectivity index is 1.45. The minimum absolute atomic E-state index is 0.0516. The fourth-order valence-electron chi connectivity index (χ4n) is 5.72. The van der Waals surface area contributed by atoms with Crippen LogP contribution in [-0.4, -0.2) is 42.6 Å². The number of methoxy groups -OCH3 is 1. The second kappa shape index (κ2) is 7.23. The number of hydrogen-bond acceptors (Lipinski definition) is 6. The van der Waals surface area contributed by atoms with Crippen LogP contribution in [0.3, 0.4) is 0 Å². The van der Waals surface area contributed by atoms with Crippen LogP contribution in [0.1, 0.15) is 50.0 Å². The summed E-state index contributed by atoms with van der Waals surface area (Å²) in [4.78, 5) is 30.4. The predicted molar refractivity (Wildman–Crippen MR) is 122 cm³/mol. The highest BCUT2D eigenvalue weighted by molar-refractivity contribution is 5.78. The number of aromatic nitrogens is 6. The third-order valence-corrected chi connectivity index (χ3v) is 7.76. The molecule has 0 amide bonds. The summed E-state index contributed by atoms with van der Waals surface area (Å²) in [6, 6.07) is 10.0. The Hall–Kier alpha value is -3.55. The highest BCUT2D eigenvalue weighted by Crippen LogP contribution is 2.58. The summed E-state index contributed by atoms with van der Waals surface area (Å²) >= 11 is 0. The summed E-state index contributed by atoms with van der Waals surface area (Å²) in [5.41, 5.74) is 4.99. The van der Waals surface area contributed by atoms with Gasteiger partial charge < -0.3 is 9.72 Å². The summed E-state index contributed by atoms with van der Waals surface area (Å²) in [5.74, 6) is 0.939. The number of aryl methyl sites for hydroxylation is 1. The highest BCUT2D eigenvalue weighted by Gasteiger charge is 2.55. The lowest BCUT2D eigenvalue weighted by atomic mass is 9.53. The molecule has 2 bridgehead atoms. The fraction of sp³-hybridized carbons (Fsp3) is 0.400. The van der Waals surface area contributed by atoms with E-state index in [1.807, 2.05) is 43.5 Å². The molecule has 0 aliphatic heterocycles. The van der Waals surface area contributed by atoms with Crippen molar-refractivity contribution in [2.75, 3.05) is 7.11 Å². The molecular weight excluding hydrogens is 416 g/mol. The zero-order valence-electron chi connectivity index (χ0n) is 18.8. The molecule has 8 heteroatoms. The number of H-pyrrole nitrogens is 1. The molecule has 0 spiro atoms. The van der Waals surface area contributed by atoms with E-state index >= 15 is 0 Å². The Kier molecular flexibility index (Phi) is 4.40. The van der Waals surface area contributed by atoms with Crippen molar-refractivity contribution in [2.45, 2.75) is 50.9 Å². The lowest BCUT2D eigenvalue weighted by Gasteiger charge is -2.50. The summed E-state index contributed by atoms with van der Waals surface area (Å²) in [7, 11) is 1.50. The van der Waals surface area contributed by atoms with Gasteiger partial charge >= 0.3 is 5.97 Å². The van der Waals surface area contributed by atoms with Crippen molar-refractivity contribution in [3.63, 3.8) is 0 Å². The van der Waals surface area contributed by atoms with Crippen molar-refractivity contribution < 1.29 is 9.53 Å². The van der Waals surface area contributed by atoms with E-state index < -0.39 is 0 Å². The molecule has 0 radical (unpaired) electrons. The van der Waals surface area contributed by atoms with E-state index in [1.165, 1.54) is 7.11 Å². The molecule has 0 aromatic carbocycles. The number of carbonyl (C=O) groups excluding carboxylic acids is 1. The molecular formula is C25H26N6O2. The molecule has 0 atom stereocenters. The topological polar surface area (TPSA) is 98.1 Å². The molecule has 4 heterocycles. The van der Waals surface area contributed by atoms with Crippen LogP contribution in [0.4, 0.5) is 0 Å². The largest absolute Gasteiger partial charge is 0.469 e. The zero-order valence-corrected chi connectivity index (χ0v) is 18.8. The van der Waals surface area contributed by atoms with E-state index in [0.717, 1.165) is 78.3 Å². The monoisotopic (exact) mass is 442 g/mol. The molecule has 1 N–H and O–H groups in total. The van der Waals surface area contributed by atoms with Crippen molar-refractivity contribution in [1.82, 2.24) is 29.5 Å². The molecule has 0 saturated heterocycles. The van der Waals surface area contributed by atoms with E-state index in [0.29, 0.717) is 0 Å². The van der Waals surface area contributed by atoms with Gasteiger partial charge in [0.05, 0.1) is 29.6 Å². The SMILES string of the molecule is COC(=O)C12CCC(c3nc(-c4ccc5ncnn5c4)c(-c4cccc(C)n4)[nH]3)(CC1)CC2. The van der Waals surface area contributed by atoms with Crippen molar-refractivity contribution in [3.05, 3.63) is 54.4 Å². The third-order valence-electron chi connectivity index (χ3n) is 7.76. The van der Waals surface area contributed by atoms with Crippen LogP contribution < -0.4 is 0 Å². The Labute approximate surface area is 191 Å². The molecule has 3 fully saturated rings. The molecule has 8 nitrogen and oxygen atoms in total. The molecule has 33 heavy (non-hydrogen) atoms. The molecule has 3 aliphatic rings. The number of rotatable bonds is 4. The second-order valence-corrected chi connectivity index (χ2v) is 9.51. The van der Waals surface area contributed by atoms with Crippen LogP contribution in [-0.2, 0) is 14.9 Å². The maximum atomic E-state index is 12.5. The van der Waals surface area contributed by atoms with Crippen LogP contribution in [0, 0.1) is 12.3 Å². The van der Waals surface area contributed by atoms with Gasteiger partial charge in [0.15, 0.2) is 5.65 Å². The first-order chi connectivity index (χ1) is 16.0. The fourth-order valence-corrected chi connectivity index (χ4v) is 5.72. The van der Waals surface area contributed by atoms with Gasteiger partial charge in [-0.05, 0) is 69.7 Å². The Morgan fingerprint density at radius 3 is 2.58 bits per heavy atom. The maximum absolute atomic E-state index is 12.5. The van der Waals surface area contributed by atoms with E-state index in [1.54, 1.807) is 10.8 Å². The molecule has 7 rings (SSSR count). The lowest BCUT2D eigenvalue weighted by Crippen LogP contribution is -2.48. The number of hydrogen-bond donors (Lipinski definition) is 1. The van der Waals surface area contributed by atoms with Gasteiger partial charge in [-0.2, -0.15) is 5.10 Å². The molecule has 168 valence electrons. The Morgan fingerprint density at radius 2 is 1.85 bits per heavy atom. The number of ether oxygens (including phenoxy) is 1. The number of aromatic amines is 1. The van der Waals surface area contributed by atoms with E-state index in [9.17, 15) is 4.79 Å². The predicted octanol–water partition coefficient (Wildman–Crippen LogP) is 4.25. The van der Waals surface area contributed by atoms with Gasteiger partial charge in [0.25, 0.3) is 0 Å². The molecule has 3 aliphatic carbocycles. The van der Waals surface area contributed by atoms with Gasteiger partial charge in [-0.25, -0.2) is 14.5 Å². The van der Waals surface area contributed by atoms with Gasteiger partial charge in [0.2, 0.25) is 0 Å². The van der Waals surface area contributed by atoms with Crippen molar-refractivity contribution in [1.29, 1.82) is 0 Å². The molecule has 3 saturated carbocycles. The molecule has 4 aromatic heterocycles. The first-order valence-electron chi connectivity index (χ1n) is 11.4. The van der Waals surface area contributed by atoms with Gasteiger partial charge in [0.1, 0.15) is 12.2 Å². The van der Waals surface area contributed by atoms with E-state index in [-0.39, 0.29) is 16.8 Å². The van der Waals surface area contributed by atoms with Gasteiger partial charge in [-0.3, -0.25) is 9.78 Å². The average molecular weight is 443 g/mol. The summed E-state index contributed by atoms with van der Waals surface area (Å²) < 4.78 is 6.91. The zero-order chi connectivity index (χ0) is 22.6. The summed E-state index contributed by atoms with van der Waals surface area (Å²) in [6.45, 7) is 2.00. The first kappa shape index (κ1) is 20.1. The summed E-state index contributed by atoms with van der Waals surface area (Å²) in [6.07, 6.45) is 8.83. The van der Waals surface area contributed by atoms with Gasteiger partial charge in [-0.15, -0.1) is 0 Å². The highest BCUT2D eigenvalue weighted by atomic mass is 16.5. The minimum atomic E-state index is -0.315. The van der Waals surface area contributed by atoms with Gasteiger partial charge in [-0.1, -0.05) is 6.07 Å². The quantitative estimate of drug-likeness (QED) is 0.474. The van der Waals surface area contributed by atoms with Crippen molar-refractivity contribution in [3.8, 4) is 22.6 Å². The smallest absolute Gasteiger partial charge is 0.311 e. The third kappa shape index (κ3) is 3.08. The normalized spacial score (nSPS) is 24.3. The lowest BCUT2D eigenvalue weighted by molar-refractivity contribution is -0.160. The number of carbonyl (C=O) groups is 1. The number of nitrogens with zero attached hydrogens (tertiary/aromatic N) is 5. The Bertz CT molecular complexity index is 1350. The van der Waals surface area contributed by atoms with Crippen molar-refractivity contribution in [2.24, 2.45) is 5.41 Å². The van der Waals surface area contributed by atoms with Gasteiger partial charge in [0, 0.05) is 22.9 Å². The number of nitrogens with one attached hydrogen (secondary N) is 1. The van der Waals surface area contributed by atoms with Crippen LogP contribution >= 0.6 is 0 Å². The van der Waals surface area contributed by atoms with Crippen molar-refractivity contribution >= 4 is 11.6 Å². The van der Waals surface area contributed by atoms with Crippen LogP contribution in [0.5, 0.6) is 0 Å². The van der Waals surface area contributed by atoms with E-state index in [4.69, 9.17) is 14.7 Å². The number of imidazole rings is 1. The molecule has 4 aromatic rings. The standard InChI is InChI=1S/C25H26N6O2/c1-16-4-3-5-18(28-16)21-20(17-6-7-19-26-15-27-31(19)14-17)29-22(30-21)24-8-11-25(12-9-24,13-10-24)23(32)33-2/h3-7,14-15H,8-13H2,1-2H3,(H,29,30). The first-order valence-corrected chi connectivity index (χ1v) is 11.4. The average Bonchev–Trinajstić information content (AvgIpc) is 3.52. The Morgan fingerprint density at radius 1 is 1.06 bits per heavy atom. The minimum Gasteiger partial charge on any atom is -0.469 e. The van der Waals surface area contributed by atoms with Crippen LogP contribution in [0.2, 0.25) is 0 Å².